The maximum Gasteiger partial charge on any atom is 0.333 e. The van der Waals surface area contributed by atoms with Crippen LogP contribution in [0.15, 0.2) is 24.3 Å². The van der Waals surface area contributed by atoms with Crippen molar-refractivity contribution in [1.29, 1.82) is 0 Å². The monoisotopic (exact) mass is 321 g/mol. The largest absolute Gasteiger partial charge is 0.497 e. The molecule has 1 aromatic carbocycles. The predicted molar refractivity (Wildman–Crippen MR) is 90.3 cm³/mol. The predicted octanol–water partition coefficient (Wildman–Crippen LogP) is 2.85. The van der Waals surface area contributed by atoms with E-state index in [0.29, 0.717) is 17.2 Å². The standard InChI is InChI=1S/C17H27N3O3/c1-12(2)6-5-7-13(3)18-17(22)20-19-16(21)14-8-10-15(23-4)11-9-14/h8-13H,5-7H2,1-4H3,(H,19,21)(H2,18,20,22). The third-order valence-electron chi connectivity index (χ3n) is 3.44. The molecule has 23 heavy (non-hydrogen) atoms. The summed E-state index contributed by atoms with van der Waals surface area (Å²) in [7, 11) is 1.56. The highest BCUT2D eigenvalue weighted by Gasteiger charge is 2.10. The number of hydrogen-bond acceptors (Lipinski definition) is 3. The fourth-order valence-electron chi connectivity index (χ4n) is 2.09. The second-order valence-corrected chi connectivity index (χ2v) is 6.01. The van der Waals surface area contributed by atoms with E-state index in [9.17, 15) is 9.59 Å². The first-order valence-corrected chi connectivity index (χ1v) is 7.93. The zero-order chi connectivity index (χ0) is 17.2. The number of ether oxygens (including phenoxy) is 1. The molecule has 0 aromatic heterocycles. The fourth-order valence-corrected chi connectivity index (χ4v) is 2.09. The Morgan fingerprint density at radius 1 is 1.04 bits per heavy atom. The third kappa shape index (κ3) is 7.54. The maximum atomic E-state index is 11.9. The van der Waals surface area contributed by atoms with Crippen LogP contribution in [-0.2, 0) is 0 Å². The molecule has 1 rings (SSSR count). The number of carbonyl (C=O) groups excluding carboxylic acids is 2. The Kier molecular flexibility index (Phi) is 7.94. The van der Waals surface area contributed by atoms with Crippen LogP contribution < -0.4 is 20.9 Å². The van der Waals surface area contributed by atoms with E-state index in [1.807, 2.05) is 6.92 Å². The van der Waals surface area contributed by atoms with Gasteiger partial charge in [0, 0.05) is 11.6 Å². The molecule has 128 valence electrons. The molecule has 6 heteroatoms. The molecule has 1 aromatic rings. The normalized spacial score (nSPS) is 11.7. The lowest BCUT2D eigenvalue weighted by Crippen LogP contribution is -2.49. The van der Waals surface area contributed by atoms with Crippen LogP contribution in [0.1, 0.15) is 50.4 Å². The molecule has 1 unspecified atom stereocenters. The molecular formula is C17H27N3O3. The lowest BCUT2D eigenvalue weighted by atomic mass is 10.0. The van der Waals surface area contributed by atoms with E-state index >= 15 is 0 Å². The minimum absolute atomic E-state index is 0.0617. The number of rotatable bonds is 7. The molecule has 0 aliphatic rings. The number of methoxy groups -OCH3 is 1. The SMILES string of the molecule is COc1ccc(C(=O)NNC(=O)NC(C)CCCC(C)C)cc1. The number of hydrogen-bond donors (Lipinski definition) is 3. The molecule has 0 radical (unpaired) electrons. The number of hydrazine groups is 1. The van der Waals surface area contributed by atoms with Gasteiger partial charge in [0.1, 0.15) is 5.75 Å². The van der Waals surface area contributed by atoms with Crippen LogP contribution >= 0.6 is 0 Å². The highest BCUT2D eigenvalue weighted by Crippen LogP contribution is 2.11. The van der Waals surface area contributed by atoms with E-state index in [2.05, 4.69) is 30.0 Å². The average Bonchev–Trinajstić information content (AvgIpc) is 2.52. The van der Waals surface area contributed by atoms with Crippen LogP contribution in [0.25, 0.3) is 0 Å². The minimum Gasteiger partial charge on any atom is -0.497 e. The molecule has 3 amide bonds. The first-order chi connectivity index (χ1) is 10.9. The average molecular weight is 321 g/mol. The van der Waals surface area contributed by atoms with Gasteiger partial charge in [-0.1, -0.05) is 26.7 Å². The lowest BCUT2D eigenvalue weighted by molar-refractivity contribution is 0.0935. The van der Waals surface area contributed by atoms with Crippen molar-refractivity contribution >= 4 is 11.9 Å². The van der Waals surface area contributed by atoms with Crippen LogP contribution in [0.3, 0.4) is 0 Å². The van der Waals surface area contributed by atoms with Crippen molar-refractivity contribution in [2.24, 2.45) is 5.92 Å². The molecule has 0 aliphatic heterocycles. The van der Waals surface area contributed by atoms with E-state index in [4.69, 9.17) is 4.74 Å². The first-order valence-electron chi connectivity index (χ1n) is 7.93. The van der Waals surface area contributed by atoms with E-state index in [-0.39, 0.29) is 11.9 Å². The summed E-state index contributed by atoms with van der Waals surface area (Å²) < 4.78 is 5.03. The van der Waals surface area contributed by atoms with Gasteiger partial charge in [-0.2, -0.15) is 0 Å². The fraction of sp³-hybridized carbons (Fsp3) is 0.529. The van der Waals surface area contributed by atoms with Gasteiger partial charge in [0.05, 0.1) is 7.11 Å². The molecular weight excluding hydrogens is 294 g/mol. The Bertz CT molecular complexity index is 500. The second-order valence-electron chi connectivity index (χ2n) is 6.01. The Morgan fingerprint density at radius 3 is 2.26 bits per heavy atom. The summed E-state index contributed by atoms with van der Waals surface area (Å²) in [5.74, 6) is 0.956. The quantitative estimate of drug-likeness (QED) is 0.676. The van der Waals surface area contributed by atoms with Gasteiger partial charge in [-0.25, -0.2) is 10.2 Å². The van der Waals surface area contributed by atoms with Gasteiger partial charge in [-0.15, -0.1) is 0 Å². The van der Waals surface area contributed by atoms with Crippen molar-refractivity contribution in [3.8, 4) is 5.75 Å². The van der Waals surface area contributed by atoms with Crippen LogP contribution in [0.4, 0.5) is 4.79 Å². The van der Waals surface area contributed by atoms with Gasteiger partial charge in [0.25, 0.3) is 5.91 Å². The van der Waals surface area contributed by atoms with Crippen LogP contribution in [0.2, 0.25) is 0 Å². The highest BCUT2D eigenvalue weighted by atomic mass is 16.5. The Balaban J connectivity index is 2.30. The molecule has 0 aliphatic carbocycles. The van der Waals surface area contributed by atoms with Gasteiger partial charge >= 0.3 is 6.03 Å². The smallest absolute Gasteiger partial charge is 0.333 e. The van der Waals surface area contributed by atoms with Gasteiger partial charge in [-0.3, -0.25) is 10.2 Å². The Morgan fingerprint density at radius 2 is 1.70 bits per heavy atom. The van der Waals surface area contributed by atoms with Crippen molar-refractivity contribution in [2.45, 2.75) is 46.1 Å². The molecule has 0 spiro atoms. The number of carbonyl (C=O) groups is 2. The Labute approximate surface area is 138 Å². The molecule has 0 saturated carbocycles. The topological polar surface area (TPSA) is 79.5 Å². The molecule has 0 bridgehead atoms. The zero-order valence-electron chi connectivity index (χ0n) is 14.3. The van der Waals surface area contributed by atoms with Gasteiger partial charge < -0.3 is 10.1 Å². The summed E-state index contributed by atoms with van der Waals surface area (Å²) in [5.41, 5.74) is 5.17. The highest BCUT2D eigenvalue weighted by molar-refractivity contribution is 5.95. The van der Waals surface area contributed by atoms with E-state index in [1.54, 1.807) is 31.4 Å². The third-order valence-corrected chi connectivity index (χ3v) is 3.44. The van der Waals surface area contributed by atoms with Crippen molar-refractivity contribution in [2.75, 3.05) is 7.11 Å². The molecule has 0 fully saturated rings. The van der Waals surface area contributed by atoms with Crippen molar-refractivity contribution in [1.82, 2.24) is 16.2 Å². The molecule has 0 heterocycles. The van der Waals surface area contributed by atoms with E-state index in [0.717, 1.165) is 19.3 Å². The first kappa shape index (κ1) is 18.8. The Hall–Kier alpha value is -2.24. The summed E-state index contributed by atoms with van der Waals surface area (Å²) in [5, 5.41) is 2.79. The van der Waals surface area contributed by atoms with Crippen molar-refractivity contribution in [3.05, 3.63) is 29.8 Å². The van der Waals surface area contributed by atoms with Crippen molar-refractivity contribution in [3.63, 3.8) is 0 Å². The minimum atomic E-state index is -0.413. The maximum absolute atomic E-state index is 11.9. The van der Waals surface area contributed by atoms with Gasteiger partial charge in [0.2, 0.25) is 0 Å². The van der Waals surface area contributed by atoms with Gasteiger partial charge in [0.15, 0.2) is 0 Å². The lowest BCUT2D eigenvalue weighted by Gasteiger charge is -2.15. The number of urea groups is 1. The number of amides is 3. The summed E-state index contributed by atoms with van der Waals surface area (Å²) in [6.45, 7) is 6.31. The molecule has 1 atom stereocenters. The van der Waals surface area contributed by atoms with Crippen LogP contribution in [-0.4, -0.2) is 25.1 Å². The zero-order valence-corrected chi connectivity index (χ0v) is 14.3. The van der Waals surface area contributed by atoms with Gasteiger partial charge in [-0.05, 0) is 43.5 Å². The second kappa shape index (κ2) is 9.71. The van der Waals surface area contributed by atoms with Crippen molar-refractivity contribution < 1.29 is 14.3 Å². The number of benzene rings is 1. The summed E-state index contributed by atoms with van der Waals surface area (Å²) >= 11 is 0. The van der Waals surface area contributed by atoms with E-state index < -0.39 is 6.03 Å². The summed E-state index contributed by atoms with van der Waals surface area (Å²) in [6.07, 6.45) is 3.12. The summed E-state index contributed by atoms with van der Waals surface area (Å²) in [6, 6.07) is 6.28. The number of nitrogens with one attached hydrogen (secondary N) is 3. The molecule has 3 N–H and O–H groups in total. The van der Waals surface area contributed by atoms with Crippen LogP contribution in [0, 0.1) is 5.92 Å². The van der Waals surface area contributed by atoms with Crippen LogP contribution in [0.5, 0.6) is 5.75 Å². The summed E-state index contributed by atoms with van der Waals surface area (Å²) in [4.78, 5) is 23.6. The molecule has 6 nitrogen and oxygen atoms in total. The van der Waals surface area contributed by atoms with E-state index in [1.165, 1.54) is 0 Å². The molecule has 0 saturated heterocycles.